The van der Waals surface area contributed by atoms with Gasteiger partial charge in [-0.3, -0.25) is 0 Å². The number of imidazole rings is 1. The molecule has 72 valence electrons. The van der Waals surface area contributed by atoms with E-state index in [0.717, 1.165) is 11.0 Å². The number of fused-ring (bicyclic) bond motifs is 1. The molecule has 0 N–H and O–H groups in total. The molecule has 0 aliphatic rings. The van der Waals surface area contributed by atoms with Gasteiger partial charge in [-0.05, 0) is 12.1 Å². The van der Waals surface area contributed by atoms with Gasteiger partial charge in [0.15, 0.2) is 0 Å². The standard InChI is InChI=1S/C9H10N4O/c1-12(11-14)7-13-6-10-8-4-2-3-5-9(8)13/h2-6H,7H2,1H3. The summed E-state index contributed by atoms with van der Waals surface area (Å²) in [6.07, 6.45) is 1.70. The minimum Gasteiger partial charge on any atom is -0.310 e. The van der Waals surface area contributed by atoms with Crippen LogP contribution in [0.25, 0.3) is 11.0 Å². The molecular weight excluding hydrogens is 180 g/mol. The summed E-state index contributed by atoms with van der Waals surface area (Å²) < 4.78 is 1.87. The van der Waals surface area contributed by atoms with Gasteiger partial charge in [0.1, 0.15) is 6.67 Å². The molecule has 0 radical (unpaired) electrons. The second-order valence-corrected chi connectivity index (χ2v) is 3.08. The van der Waals surface area contributed by atoms with E-state index in [2.05, 4.69) is 10.3 Å². The lowest BCUT2D eigenvalue weighted by molar-refractivity contribution is 0.282. The van der Waals surface area contributed by atoms with Crippen LogP contribution in [0.3, 0.4) is 0 Å². The van der Waals surface area contributed by atoms with Crippen LogP contribution in [0.15, 0.2) is 35.9 Å². The number of para-hydroxylation sites is 2. The van der Waals surface area contributed by atoms with Gasteiger partial charge >= 0.3 is 0 Å². The molecule has 1 aromatic carbocycles. The summed E-state index contributed by atoms with van der Waals surface area (Å²) in [5, 5.41) is 4.12. The van der Waals surface area contributed by atoms with Gasteiger partial charge in [-0.2, -0.15) is 0 Å². The third kappa shape index (κ3) is 1.44. The lowest BCUT2D eigenvalue weighted by Crippen LogP contribution is -2.14. The summed E-state index contributed by atoms with van der Waals surface area (Å²) in [5.74, 6) is 0. The third-order valence-corrected chi connectivity index (χ3v) is 2.02. The van der Waals surface area contributed by atoms with E-state index in [0.29, 0.717) is 6.67 Å². The highest BCUT2D eigenvalue weighted by Crippen LogP contribution is 2.11. The first-order chi connectivity index (χ1) is 6.81. The molecule has 2 rings (SSSR count). The summed E-state index contributed by atoms with van der Waals surface area (Å²) in [4.78, 5) is 14.4. The highest BCUT2D eigenvalue weighted by molar-refractivity contribution is 5.74. The van der Waals surface area contributed by atoms with E-state index in [1.807, 2.05) is 28.8 Å². The zero-order chi connectivity index (χ0) is 9.97. The quantitative estimate of drug-likeness (QED) is 0.545. The van der Waals surface area contributed by atoms with Gasteiger partial charge in [-0.15, -0.1) is 4.91 Å². The van der Waals surface area contributed by atoms with E-state index in [1.54, 1.807) is 13.4 Å². The Morgan fingerprint density at radius 2 is 2.29 bits per heavy atom. The van der Waals surface area contributed by atoms with E-state index in [4.69, 9.17) is 0 Å². The van der Waals surface area contributed by atoms with Crippen molar-refractivity contribution in [3.8, 4) is 0 Å². The Morgan fingerprint density at radius 1 is 1.50 bits per heavy atom. The minimum absolute atomic E-state index is 0.421. The van der Waals surface area contributed by atoms with Crippen LogP contribution in [0.5, 0.6) is 0 Å². The van der Waals surface area contributed by atoms with Crippen molar-refractivity contribution in [3.63, 3.8) is 0 Å². The number of rotatable bonds is 3. The van der Waals surface area contributed by atoms with Gasteiger partial charge < -0.3 is 4.57 Å². The summed E-state index contributed by atoms with van der Waals surface area (Å²) in [6.45, 7) is 0.421. The topological polar surface area (TPSA) is 50.5 Å². The Balaban J connectivity index is 2.38. The first-order valence-corrected chi connectivity index (χ1v) is 4.25. The van der Waals surface area contributed by atoms with Crippen LogP contribution >= 0.6 is 0 Å². The van der Waals surface area contributed by atoms with Crippen LogP contribution in [0, 0.1) is 4.91 Å². The van der Waals surface area contributed by atoms with Gasteiger partial charge in [0.25, 0.3) is 0 Å². The van der Waals surface area contributed by atoms with Crippen LogP contribution in [0.2, 0.25) is 0 Å². The molecule has 0 aliphatic carbocycles. The van der Waals surface area contributed by atoms with Crippen molar-refractivity contribution in [1.29, 1.82) is 0 Å². The molecule has 5 nitrogen and oxygen atoms in total. The number of nitrogens with zero attached hydrogens (tertiary/aromatic N) is 4. The maximum Gasteiger partial charge on any atom is 0.115 e. The van der Waals surface area contributed by atoms with Crippen molar-refractivity contribution in [2.45, 2.75) is 6.67 Å². The third-order valence-electron chi connectivity index (χ3n) is 2.02. The number of hydrogen-bond donors (Lipinski definition) is 0. The van der Waals surface area contributed by atoms with Crippen LogP contribution < -0.4 is 0 Å². The lowest BCUT2D eigenvalue weighted by Gasteiger charge is -2.09. The molecule has 1 aromatic heterocycles. The molecular formula is C9H10N4O. The van der Waals surface area contributed by atoms with Crippen molar-refractivity contribution < 1.29 is 0 Å². The molecule has 0 unspecified atom stereocenters. The Kier molecular flexibility index (Phi) is 2.14. The molecule has 2 aromatic rings. The first-order valence-electron chi connectivity index (χ1n) is 4.25. The predicted molar refractivity (Wildman–Crippen MR) is 53.3 cm³/mol. The Bertz CT molecular complexity index is 451. The highest BCUT2D eigenvalue weighted by atomic mass is 16.3. The summed E-state index contributed by atoms with van der Waals surface area (Å²) in [7, 11) is 1.63. The van der Waals surface area contributed by atoms with E-state index in [1.165, 1.54) is 5.01 Å². The fourth-order valence-corrected chi connectivity index (χ4v) is 1.37. The van der Waals surface area contributed by atoms with E-state index in [-0.39, 0.29) is 0 Å². The highest BCUT2D eigenvalue weighted by Gasteiger charge is 2.02. The SMILES string of the molecule is CN(Cn1cnc2ccccc21)N=O. The predicted octanol–water partition coefficient (Wildman–Crippen LogP) is 1.61. The van der Waals surface area contributed by atoms with Crippen molar-refractivity contribution >= 4 is 11.0 Å². The largest absolute Gasteiger partial charge is 0.310 e. The molecule has 0 bridgehead atoms. The summed E-state index contributed by atoms with van der Waals surface area (Å²) >= 11 is 0. The lowest BCUT2D eigenvalue weighted by atomic mass is 10.3. The first kappa shape index (κ1) is 8.68. The normalized spacial score (nSPS) is 10.4. The van der Waals surface area contributed by atoms with Gasteiger partial charge in [-0.1, -0.05) is 12.1 Å². The molecule has 0 saturated heterocycles. The monoisotopic (exact) mass is 190 g/mol. The van der Waals surface area contributed by atoms with Gasteiger partial charge in [0, 0.05) is 7.05 Å². The second kappa shape index (κ2) is 3.45. The minimum atomic E-state index is 0.421. The van der Waals surface area contributed by atoms with Crippen molar-refractivity contribution in [2.24, 2.45) is 5.29 Å². The molecule has 1 heterocycles. The van der Waals surface area contributed by atoms with Gasteiger partial charge in [0.05, 0.1) is 22.6 Å². The molecule has 0 fully saturated rings. The van der Waals surface area contributed by atoms with Gasteiger partial charge in [-0.25, -0.2) is 9.99 Å². The summed E-state index contributed by atoms with van der Waals surface area (Å²) in [6, 6.07) is 7.76. The summed E-state index contributed by atoms with van der Waals surface area (Å²) in [5.41, 5.74) is 1.93. The Morgan fingerprint density at radius 3 is 3.07 bits per heavy atom. The fraction of sp³-hybridized carbons (Fsp3) is 0.222. The fourth-order valence-electron chi connectivity index (χ4n) is 1.37. The maximum atomic E-state index is 10.2. The number of hydrogen-bond acceptors (Lipinski definition) is 3. The number of nitroso groups, excluding NO2 is 1. The molecule has 14 heavy (non-hydrogen) atoms. The Hall–Kier alpha value is -1.91. The molecule has 0 saturated carbocycles. The molecule has 0 atom stereocenters. The van der Waals surface area contributed by atoms with Crippen LogP contribution in [-0.2, 0) is 6.67 Å². The van der Waals surface area contributed by atoms with E-state index >= 15 is 0 Å². The maximum absolute atomic E-state index is 10.2. The molecule has 0 spiro atoms. The zero-order valence-corrected chi connectivity index (χ0v) is 7.79. The molecule has 0 amide bonds. The van der Waals surface area contributed by atoms with Crippen molar-refractivity contribution in [2.75, 3.05) is 7.05 Å². The van der Waals surface area contributed by atoms with Crippen LogP contribution in [-0.4, -0.2) is 21.6 Å². The van der Waals surface area contributed by atoms with Crippen molar-refractivity contribution in [3.05, 3.63) is 35.5 Å². The smallest absolute Gasteiger partial charge is 0.115 e. The Labute approximate surface area is 80.9 Å². The van der Waals surface area contributed by atoms with E-state index in [9.17, 15) is 4.91 Å². The van der Waals surface area contributed by atoms with Crippen LogP contribution in [0.1, 0.15) is 0 Å². The number of aromatic nitrogens is 2. The van der Waals surface area contributed by atoms with Gasteiger partial charge in [0.2, 0.25) is 0 Å². The average Bonchev–Trinajstić information content (AvgIpc) is 2.62. The van der Waals surface area contributed by atoms with E-state index < -0.39 is 0 Å². The zero-order valence-electron chi connectivity index (χ0n) is 7.79. The average molecular weight is 190 g/mol. The van der Waals surface area contributed by atoms with Crippen LogP contribution in [0.4, 0.5) is 0 Å². The molecule has 0 aliphatic heterocycles. The number of benzene rings is 1. The van der Waals surface area contributed by atoms with Crippen molar-refractivity contribution in [1.82, 2.24) is 14.6 Å². The second-order valence-electron chi connectivity index (χ2n) is 3.08. The molecule has 5 heteroatoms.